The van der Waals surface area contributed by atoms with Crippen LogP contribution in [0.4, 0.5) is 4.39 Å². The first kappa shape index (κ1) is 23.7. The molecule has 1 saturated heterocycles. The average Bonchev–Trinajstić information content (AvgIpc) is 2.78. The first-order chi connectivity index (χ1) is 15.0. The monoisotopic (exact) mass is 491 g/mol. The van der Waals surface area contributed by atoms with E-state index in [2.05, 4.69) is 27.8 Å². The Kier molecular flexibility index (Phi) is 8.50. The molecule has 2 aromatic carbocycles. The zero-order chi connectivity index (χ0) is 22.4. The van der Waals surface area contributed by atoms with E-state index in [4.69, 9.17) is 9.47 Å². The molecule has 0 aromatic heterocycles. The third-order valence-corrected chi connectivity index (χ3v) is 6.65. The first-order valence-electron chi connectivity index (χ1n) is 11.1. The van der Waals surface area contributed by atoms with Gasteiger partial charge in [-0.3, -0.25) is 4.90 Å². The fourth-order valence-electron chi connectivity index (χ4n) is 4.01. The van der Waals surface area contributed by atoms with E-state index in [9.17, 15) is 4.79 Å². The van der Waals surface area contributed by atoms with E-state index >= 15 is 4.39 Å². The summed E-state index contributed by atoms with van der Waals surface area (Å²) in [6, 6.07) is 8.68. The number of para-hydroxylation sites is 1. The largest absolute Gasteiger partial charge is 0.491 e. The number of carbonyl (C=O) groups excluding carboxylic acids is 1. The van der Waals surface area contributed by atoms with Gasteiger partial charge in [0.15, 0.2) is 0 Å². The van der Waals surface area contributed by atoms with E-state index in [1.54, 1.807) is 31.2 Å². The van der Waals surface area contributed by atoms with Crippen LogP contribution in [0.5, 0.6) is 11.5 Å². The average molecular weight is 492 g/mol. The molecular formula is C25H31BrFNO3. The van der Waals surface area contributed by atoms with Crippen LogP contribution >= 0.6 is 15.9 Å². The van der Waals surface area contributed by atoms with Crippen molar-refractivity contribution in [2.75, 3.05) is 19.7 Å². The molecule has 3 rings (SSSR count). The van der Waals surface area contributed by atoms with Gasteiger partial charge in [-0.25, -0.2) is 9.18 Å². The maximum absolute atomic E-state index is 15.7. The Bertz CT molecular complexity index is 898. The second-order valence-corrected chi connectivity index (χ2v) is 8.84. The Morgan fingerprint density at radius 3 is 2.52 bits per heavy atom. The van der Waals surface area contributed by atoms with E-state index in [0.29, 0.717) is 28.1 Å². The number of rotatable bonds is 8. The highest BCUT2D eigenvalue weighted by Gasteiger charge is 2.32. The quantitative estimate of drug-likeness (QED) is 0.230. The normalized spacial score (nSPS) is 15.5. The standard InChI is InChI=1S/C25H31BrFNO3/c1-4-5-16-30-24-20(25(29)31-19-12-8-6-9-13-19)17(2)23(27)21(22(24)26)18(3)28-14-10-7-11-15-28/h6,8-9,12-13,18H,4-5,7,10-11,14-16H2,1-3H3. The van der Waals surface area contributed by atoms with Crippen LogP contribution in [0.15, 0.2) is 34.8 Å². The number of ether oxygens (including phenoxy) is 2. The molecule has 4 nitrogen and oxygen atoms in total. The molecule has 0 radical (unpaired) electrons. The lowest BCUT2D eigenvalue weighted by molar-refractivity contribution is 0.0728. The number of hydrogen-bond donors (Lipinski definition) is 0. The smallest absolute Gasteiger partial charge is 0.347 e. The van der Waals surface area contributed by atoms with Crippen molar-refractivity contribution in [1.29, 1.82) is 0 Å². The molecule has 1 unspecified atom stereocenters. The van der Waals surface area contributed by atoms with Crippen LogP contribution in [0.25, 0.3) is 0 Å². The van der Waals surface area contributed by atoms with Gasteiger partial charge in [-0.05, 0) is 74.3 Å². The summed E-state index contributed by atoms with van der Waals surface area (Å²) in [6.45, 7) is 8.05. The number of esters is 1. The topological polar surface area (TPSA) is 38.8 Å². The van der Waals surface area contributed by atoms with Gasteiger partial charge in [0.25, 0.3) is 0 Å². The fraction of sp³-hybridized carbons (Fsp3) is 0.480. The number of unbranched alkanes of at least 4 members (excludes halogenated alkanes) is 1. The highest BCUT2D eigenvalue weighted by Crippen LogP contribution is 2.42. The van der Waals surface area contributed by atoms with Crippen LogP contribution in [0.1, 0.15) is 73.5 Å². The van der Waals surface area contributed by atoms with Gasteiger partial charge in [0, 0.05) is 17.2 Å². The van der Waals surface area contributed by atoms with Gasteiger partial charge in [0.2, 0.25) is 0 Å². The van der Waals surface area contributed by atoms with E-state index in [0.717, 1.165) is 38.8 Å². The minimum absolute atomic E-state index is 0.124. The van der Waals surface area contributed by atoms with Crippen LogP contribution in [0, 0.1) is 12.7 Å². The molecule has 0 aliphatic carbocycles. The van der Waals surface area contributed by atoms with Crippen molar-refractivity contribution >= 4 is 21.9 Å². The maximum atomic E-state index is 15.7. The minimum Gasteiger partial charge on any atom is -0.491 e. The van der Waals surface area contributed by atoms with Crippen LogP contribution in [-0.2, 0) is 0 Å². The number of benzene rings is 2. The van der Waals surface area contributed by atoms with Crippen molar-refractivity contribution in [2.45, 2.75) is 58.9 Å². The summed E-state index contributed by atoms with van der Waals surface area (Å²) in [7, 11) is 0. The number of carbonyl (C=O) groups is 1. The molecule has 31 heavy (non-hydrogen) atoms. The Balaban J connectivity index is 2.03. The van der Waals surface area contributed by atoms with Crippen LogP contribution in [0.2, 0.25) is 0 Å². The maximum Gasteiger partial charge on any atom is 0.347 e. The molecule has 168 valence electrons. The van der Waals surface area contributed by atoms with Gasteiger partial charge in [0.05, 0.1) is 11.1 Å². The number of nitrogens with zero attached hydrogens (tertiary/aromatic N) is 1. The molecule has 1 fully saturated rings. The molecule has 1 aliphatic rings. The first-order valence-corrected chi connectivity index (χ1v) is 11.9. The van der Waals surface area contributed by atoms with Crippen LogP contribution < -0.4 is 9.47 Å². The summed E-state index contributed by atoms with van der Waals surface area (Å²) in [4.78, 5) is 15.4. The number of hydrogen-bond acceptors (Lipinski definition) is 4. The van der Waals surface area contributed by atoms with Gasteiger partial charge in [-0.2, -0.15) is 0 Å². The lowest BCUT2D eigenvalue weighted by Gasteiger charge is -2.34. The highest BCUT2D eigenvalue weighted by molar-refractivity contribution is 9.10. The summed E-state index contributed by atoms with van der Waals surface area (Å²) < 4.78 is 27.8. The molecule has 0 spiro atoms. The molecule has 0 N–H and O–H groups in total. The zero-order valence-electron chi connectivity index (χ0n) is 18.5. The Labute approximate surface area is 192 Å². The second-order valence-electron chi connectivity index (χ2n) is 8.05. The van der Waals surface area contributed by atoms with E-state index in [1.165, 1.54) is 6.42 Å². The van der Waals surface area contributed by atoms with Gasteiger partial charge in [-0.1, -0.05) is 38.0 Å². The third kappa shape index (κ3) is 5.47. The van der Waals surface area contributed by atoms with Crippen molar-refractivity contribution in [3.63, 3.8) is 0 Å². The van der Waals surface area contributed by atoms with E-state index in [-0.39, 0.29) is 23.0 Å². The third-order valence-electron chi connectivity index (χ3n) is 5.86. The second kappa shape index (κ2) is 11.1. The molecule has 0 saturated carbocycles. The van der Waals surface area contributed by atoms with Gasteiger partial charge >= 0.3 is 5.97 Å². The molecule has 1 atom stereocenters. The van der Waals surface area contributed by atoms with Crippen molar-refractivity contribution in [2.24, 2.45) is 0 Å². The van der Waals surface area contributed by atoms with Crippen molar-refractivity contribution < 1.29 is 18.7 Å². The Morgan fingerprint density at radius 2 is 1.87 bits per heavy atom. The minimum atomic E-state index is -0.619. The predicted molar refractivity (Wildman–Crippen MR) is 124 cm³/mol. The van der Waals surface area contributed by atoms with Crippen LogP contribution in [-0.4, -0.2) is 30.6 Å². The van der Waals surface area contributed by atoms with Crippen LogP contribution in [0.3, 0.4) is 0 Å². The summed E-state index contributed by atoms with van der Waals surface area (Å²) in [5.41, 5.74) is 0.940. The molecule has 6 heteroatoms. The Morgan fingerprint density at radius 1 is 1.19 bits per heavy atom. The fourth-order valence-corrected chi connectivity index (χ4v) is 4.83. The molecule has 0 amide bonds. The van der Waals surface area contributed by atoms with Gasteiger partial charge in [-0.15, -0.1) is 0 Å². The Hall–Kier alpha value is -1.92. The summed E-state index contributed by atoms with van der Waals surface area (Å²) in [5.74, 6) is -0.222. The van der Waals surface area contributed by atoms with Crippen molar-refractivity contribution in [3.05, 3.63) is 57.3 Å². The summed E-state index contributed by atoms with van der Waals surface area (Å²) in [6.07, 6.45) is 5.24. The number of piperidine rings is 1. The molecule has 1 aliphatic heterocycles. The number of halogens is 2. The SMILES string of the molecule is CCCCOc1c(Br)c(C(C)N2CCCCC2)c(F)c(C)c1C(=O)Oc1ccccc1. The van der Waals surface area contributed by atoms with Gasteiger partial charge in [0.1, 0.15) is 22.9 Å². The predicted octanol–water partition coefficient (Wildman–Crippen LogP) is 6.84. The van der Waals surface area contributed by atoms with E-state index in [1.807, 2.05) is 13.0 Å². The molecule has 2 aromatic rings. The lowest BCUT2D eigenvalue weighted by atomic mass is 9.96. The van der Waals surface area contributed by atoms with E-state index < -0.39 is 5.97 Å². The summed E-state index contributed by atoms with van der Waals surface area (Å²) in [5, 5.41) is 0. The van der Waals surface area contributed by atoms with Gasteiger partial charge < -0.3 is 9.47 Å². The molecular weight excluding hydrogens is 461 g/mol. The zero-order valence-corrected chi connectivity index (χ0v) is 20.1. The number of likely N-dealkylation sites (tertiary alicyclic amines) is 1. The molecule has 0 bridgehead atoms. The highest BCUT2D eigenvalue weighted by atomic mass is 79.9. The lowest BCUT2D eigenvalue weighted by Crippen LogP contribution is -2.33. The molecule has 1 heterocycles. The summed E-state index contributed by atoms with van der Waals surface area (Å²) >= 11 is 3.59. The van der Waals surface area contributed by atoms with Crippen molar-refractivity contribution in [1.82, 2.24) is 4.90 Å². The van der Waals surface area contributed by atoms with Crippen molar-refractivity contribution in [3.8, 4) is 11.5 Å².